The Balaban J connectivity index is 2.21. The monoisotopic (exact) mass is 362 g/mol. The smallest absolute Gasteiger partial charge is 0.328 e. The summed E-state index contributed by atoms with van der Waals surface area (Å²) in [4.78, 5) is 10.6. The second kappa shape index (κ2) is 7.66. The molecule has 0 saturated heterocycles. The number of halogens is 1. The predicted molar refractivity (Wildman–Crippen MR) is 88.1 cm³/mol. The average Bonchev–Trinajstić information content (AvgIpc) is 2.52. The first kappa shape index (κ1) is 16.1. The zero-order valence-corrected chi connectivity index (χ0v) is 13.5. The van der Waals surface area contributed by atoms with E-state index in [0.717, 1.165) is 16.1 Å². The molecule has 0 heterocycles. The number of hydrogen-bond donors (Lipinski definition) is 1. The summed E-state index contributed by atoms with van der Waals surface area (Å²) in [6.45, 7) is 0.425. The topological polar surface area (TPSA) is 55.8 Å². The molecule has 0 radical (unpaired) electrons. The number of carboxylic acids is 1. The van der Waals surface area contributed by atoms with Crippen LogP contribution in [0.15, 0.2) is 53.0 Å². The summed E-state index contributed by atoms with van der Waals surface area (Å²) < 4.78 is 11.8. The summed E-state index contributed by atoms with van der Waals surface area (Å²) in [6.07, 6.45) is 2.57. The van der Waals surface area contributed by atoms with Crippen molar-refractivity contribution in [2.24, 2.45) is 0 Å². The minimum Gasteiger partial charge on any atom is -0.493 e. The van der Waals surface area contributed by atoms with Crippen molar-refractivity contribution in [3.8, 4) is 11.5 Å². The Hall–Kier alpha value is -2.27. The maximum atomic E-state index is 10.6. The number of methoxy groups -OCH3 is 1. The van der Waals surface area contributed by atoms with Crippen molar-refractivity contribution >= 4 is 28.0 Å². The number of carbonyl (C=O) groups is 1. The molecule has 4 nitrogen and oxygen atoms in total. The van der Waals surface area contributed by atoms with E-state index in [1.165, 1.54) is 6.08 Å². The molecule has 2 aromatic carbocycles. The van der Waals surface area contributed by atoms with Gasteiger partial charge in [-0.15, -0.1) is 0 Å². The molecule has 0 bridgehead atoms. The molecule has 0 atom stereocenters. The average molecular weight is 363 g/mol. The van der Waals surface area contributed by atoms with Crippen molar-refractivity contribution in [3.63, 3.8) is 0 Å². The first-order valence-electron chi connectivity index (χ1n) is 6.55. The lowest BCUT2D eigenvalue weighted by Gasteiger charge is -2.13. The van der Waals surface area contributed by atoms with Crippen LogP contribution >= 0.6 is 15.9 Å². The van der Waals surface area contributed by atoms with E-state index in [2.05, 4.69) is 15.9 Å². The lowest BCUT2D eigenvalue weighted by molar-refractivity contribution is -0.131. The lowest BCUT2D eigenvalue weighted by atomic mass is 10.2. The van der Waals surface area contributed by atoms with Gasteiger partial charge in [0.05, 0.1) is 7.11 Å². The van der Waals surface area contributed by atoms with Gasteiger partial charge in [-0.1, -0.05) is 46.3 Å². The normalized spacial score (nSPS) is 10.6. The molecule has 0 unspecified atom stereocenters. The molecule has 2 rings (SSSR count). The minimum atomic E-state index is -1.00. The maximum Gasteiger partial charge on any atom is 0.328 e. The zero-order valence-electron chi connectivity index (χ0n) is 12.0. The molecule has 0 spiro atoms. The summed E-state index contributed by atoms with van der Waals surface area (Å²) in [7, 11) is 1.54. The third-order valence-electron chi connectivity index (χ3n) is 2.93. The summed E-state index contributed by atoms with van der Waals surface area (Å²) in [5.41, 5.74) is 1.75. The van der Waals surface area contributed by atoms with Crippen molar-refractivity contribution < 1.29 is 19.4 Å². The van der Waals surface area contributed by atoms with Crippen LogP contribution in [-0.4, -0.2) is 18.2 Å². The fourth-order valence-electron chi connectivity index (χ4n) is 1.85. The van der Waals surface area contributed by atoms with Crippen LogP contribution in [0.5, 0.6) is 11.5 Å². The van der Waals surface area contributed by atoms with Gasteiger partial charge in [-0.2, -0.15) is 0 Å². The van der Waals surface area contributed by atoms with E-state index in [4.69, 9.17) is 14.6 Å². The molecule has 0 fully saturated rings. The van der Waals surface area contributed by atoms with Crippen LogP contribution in [0.25, 0.3) is 6.08 Å². The highest BCUT2D eigenvalue weighted by molar-refractivity contribution is 9.10. The molecular formula is C17H15BrO4. The van der Waals surface area contributed by atoms with Gasteiger partial charge in [-0.05, 0) is 29.3 Å². The van der Waals surface area contributed by atoms with Crippen LogP contribution in [0.4, 0.5) is 0 Å². The highest BCUT2D eigenvalue weighted by Crippen LogP contribution is 2.34. The van der Waals surface area contributed by atoms with Gasteiger partial charge < -0.3 is 14.6 Å². The van der Waals surface area contributed by atoms with Crippen molar-refractivity contribution in [3.05, 3.63) is 64.1 Å². The Bertz CT molecular complexity index is 681. The van der Waals surface area contributed by atoms with Crippen molar-refractivity contribution in [1.82, 2.24) is 0 Å². The molecular weight excluding hydrogens is 348 g/mol. The molecule has 22 heavy (non-hydrogen) atoms. The summed E-state index contributed by atoms with van der Waals surface area (Å²) >= 11 is 3.41. The lowest BCUT2D eigenvalue weighted by Crippen LogP contribution is -1.98. The number of carboxylic acid groups (broad SMARTS) is 1. The number of benzene rings is 2. The Morgan fingerprint density at radius 1 is 1.23 bits per heavy atom. The van der Waals surface area contributed by atoms with Gasteiger partial charge in [0, 0.05) is 10.5 Å². The first-order chi connectivity index (χ1) is 10.6. The first-order valence-corrected chi connectivity index (χ1v) is 7.34. The number of hydrogen-bond acceptors (Lipinski definition) is 3. The second-order valence-electron chi connectivity index (χ2n) is 4.47. The molecule has 114 valence electrons. The SMILES string of the molecule is COc1cc(/C=C/C(=O)O)c(Br)cc1OCc1ccccc1. The van der Waals surface area contributed by atoms with Crippen LogP contribution in [-0.2, 0) is 11.4 Å². The Morgan fingerprint density at radius 2 is 1.95 bits per heavy atom. The van der Waals surface area contributed by atoms with Crippen molar-refractivity contribution in [1.29, 1.82) is 0 Å². The van der Waals surface area contributed by atoms with Gasteiger partial charge in [-0.25, -0.2) is 4.79 Å². The number of rotatable bonds is 6. The fraction of sp³-hybridized carbons (Fsp3) is 0.118. The van der Waals surface area contributed by atoms with E-state index in [-0.39, 0.29) is 0 Å². The molecule has 0 aromatic heterocycles. The quantitative estimate of drug-likeness (QED) is 0.784. The zero-order chi connectivity index (χ0) is 15.9. The summed E-state index contributed by atoms with van der Waals surface area (Å²) in [6, 6.07) is 13.3. The minimum absolute atomic E-state index is 0.425. The van der Waals surface area contributed by atoms with E-state index in [0.29, 0.717) is 23.7 Å². The Labute approximate surface area is 137 Å². The Kier molecular flexibility index (Phi) is 5.61. The third-order valence-corrected chi connectivity index (χ3v) is 3.61. The highest BCUT2D eigenvalue weighted by Gasteiger charge is 2.09. The van der Waals surface area contributed by atoms with E-state index in [9.17, 15) is 4.79 Å². The fourth-order valence-corrected chi connectivity index (χ4v) is 2.30. The molecule has 0 aliphatic heterocycles. The largest absolute Gasteiger partial charge is 0.493 e. The molecule has 0 amide bonds. The van der Waals surface area contributed by atoms with Gasteiger partial charge in [0.15, 0.2) is 11.5 Å². The van der Waals surface area contributed by atoms with Gasteiger partial charge in [0.1, 0.15) is 6.61 Å². The molecule has 1 N–H and O–H groups in total. The second-order valence-corrected chi connectivity index (χ2v) is 5.32. The van der Waals surface area contributed by atoms with Gasteiger partial charge in [0.25, 0.3) is 0 Å². The van der Waals surface area contributed by atoms with Crippen LogP contribution in [0.2, 0.25) is 0 Å². The number of aliphatic carboxylic acids is 1. The van der Waals surface area contributed by atoms with E-state index < -0.39 is 5.97 Å². The van der Waals surface area contributed by atoms with Crippen LogP contribution in [0.3, 0.4) is 0 Å². The van der Waals surface area contributed by atoms with E-state index >= 15 is 0 Å². The predicted octanol–water partition coefficient (Wildman–Crippen LogP) is 4.13. The molecule has 2 aromatic rings. The molecule has 0 saturated carbocycles. The highest BCUT2D eigenvalue weighted by atomic mass is 79.9. The third kappa shape index (κ3) is 4.36. The number of ether oxygens (including phenoxy) is 2. The molecule has 0 aliphatic carbocycles. The summed E-state index contributed by atoms with van der Waals surface area (Å²) in [5.74, 6) is 0.130. The van der Waals surface area contributed by atoms with Crippen LogP contribution in [0, 0.1) is 0 Å². The molecule has 5 heteroatoms. The standard InChI is InChI=1S/C17H15BrO4/c1-21-15-9-13(7-8-17(19)20)14(18)10-16(15)22-11-12-5-3-2-4-6-12/h2-10H,11H2,1H3,(H,19,20)/b8-7+. The Morgan fingerprint density at radius 3 is 2.59 bits per heavy atom. The van der Waals surface area contributed by atoms with E-state index in [1.807, 2.05) is 30.3 Å². The van der Waals surface area contributed by atoms with Gasteiger partial charge in [-0.3, -0.25) is 0 Å². The molecule has 0 aliphatic rings. The van der Waals surface area contributed by atoms with Crippen LogP contribution in [0.1, 0.15) is 11.1 Å². The van der Waals surface area contributed by atoms with E-state index in [1.54, 1.807) is 19.2 Å². The summed E-state index contributed by atoms with van der Waals surface area (Å²) in [5, 5.41) is 8.70. The van der Waals surface area contributed by atoms with Crippen molar-refractivity contribution in [2.75, 3.05) is 7.11 Å². The van der Waals surface area contributed by atoms with Crippen molar-refractivity contribution in [2.45, 2.75) is 6.61 Å². The van der Waals surface area contributed by atoms with Gasteiger partial charge >= 0.3 is 5.97 Å². The van der Waals surface area contributed by atoms with Gasteiger partial charge in [0.2, 0.25) is 0 Å². The van der Waals surface area contributed by atoms with Crippen LogP contribution < -0.4 is 9.47 Å². The maximum absolute atomic E-state index is 10.6.